The average Bonchev–Trinajstić information content (AvgIpc) is 3.08. The van der Waals surface area contributed by atoms with Gasteiger partial charge in [0.2, 0.25) is 5.91 Å². The first-order valence-corrected chi connectivity index (χ1v) is 10.3. The number of anilines is 1. The third-order valence-corrected chi connectivity index (χ3v) is 5.35. The minimum absolute atomic E-state index is 0.0520. The Morgan fingerprint density at radius 3 is 2.70 bits per heavy atom. The molecule has 1 aromatic carbocycles. The first-order valence-electron chi connectivity index (χ1n) is 9.32. The fourth-order valence-corrected chi connectivity index (χ4v) is 3.63. The Hall–Kier alpha value is -1.93. The summed E-state index contributed by atoms with van der Waals surface area (Å²) >= 11 is 1.30. The standard InChI is InChI=1S/C19H29N3O4S/c1-4-21(5-2)10-12-26-17-14-15(6-7-16(17)25-3)20-18(23)8-9-22-11-13-27-19(22)24/h6-7,14H,4-5,8-13H2,1-3H3,(H,20,23). The van der Waals surface area contributed by atoms with E-state index >= 15 is 0 Å². The Morgan fingerprint density at radius 1 is 1.30 bits per heavy atom. The van der Waals surface area contributed by atoms with Crippen molar-refractivity contribution in [1.29, 1.82) is 0 Å². The largest absolute Gasteiger partial charge is 0.493 e. The van der Waals surface area contributed by atoms with Gasteiger partial charge in [-0.2, -0.15) is 0 Å². The number of methoxy groups -OCH3 is 1. The van der Waals surface area contributed by atoms with Gasteiger partial charge in [0, 0.05) is 43.6 Å². The molecule has 2 amide bonds. The van der Waals surface area contributed by atoms with Gasteiger partial charge in [-0.15, -0.1) is 0 Å². The second-order valence-electron chi connectivity index (χ2n) is 6.14. The normalized spacial score (nSPS) is 13.9. The van der Waals surface area contributed by atoms with E-state index in [1.807, 2.05) is 0 Å². The second kappa shape index (κ2) is 11.0. The van der Waals surface area contributed by atoms with Gasteiger partial charge in [-0.05, 0) is 25.2 Å². The Kier molecular flexibility index (Phi) is 8.74. The van der Waals surface area contributed by atoms with Crippen LogP contribution in [0.25, 0.3) is 0 Å². The molecule has 1 aromatic rings. The Bertz CT molecular complexity index is 637. The highest BCUT2D eigenvalue weighted by molar-refractivity contribution is 8.13. The van der Waals surface area contributed by atoms with E-state index < -0.39 is 0 Å². The van der Waals surface area contributed by atoms with Crippen LogP contribution >= 0.6 is 11.8 Å². The zero-order chi connectivity index (χ0) is 19.6. The van der Waals surface area contributed by atoms with E-state index in [1.165, 1.54) is 11.8 Å². The molecule has 1 saturated heterocycles. The molecule has 0 saturated carbocycles. The van der Waals surface area contributed by atoms with Crippen LogP contribution in [-0.4, -0.2) is 73.1 Å². The Balaban J connectivity index is 1.88. The van der Waals surface area contributed by atoms with Crippen molar-refractivity contribution in [3.8, 4) is 11.5 Å². The van der Waals surface area contributed by atoms with Gasteiger partial charge in [0.15, 0.2) is 11.5 Å². The fraction of sp³-hybridized carbons (Fsp3) is 0.579. The van der Waals surface area contributed by atoms with Gasteiger partial charge in [-0.1, -0.05) is 25.6 Å². The smallest absolute Gasteiger partial charge is 0.281 e. The van der Waals surface area contributed by atoms with Gasteiger partial charge >= 0.3 is 0 Å². The summed E-state index contributed by atoms with van der Waals surface area (Å²) in [7, 11) is 1.59. The summed E-state index contributed by atoms with van der Waals surface area (Å²) in [4.78, 5) is 27.7. The molecule has 0 radical (unpaired) electrons. The second-order valence-corrected chi connectivity index (χ2v) is 7.19. The first-order chi connectivity index (χ1) is 13.1. The van der Waals surface area contributed by atoms with Gasteiger partial charge in [0.25, 0.3) is 5.24 Å². The van der Waals surface area contributed by atoms with E-state index in [-0.39, 0.29) is 17.6 Å². The molecule has 1 aliphatic rings. The van der Waals surface area contributed by atoms with E-state index in [0.717, 1.165) is 25.4 Å². The molecule has 1 heterocycles. The highest BCUT2D eigenvalue weighted by atomic mass is 32.2. The summed E-state index contributed by atoms with van der Waals surface area (Å²) in [5, 5.41) is 2.92. The lowest BCUT2D eigenvalue weighted by atomic mass is 10.2. The lowest BCUT2D eigenvalue weighted by Gasteiger charge is -2.19. The zero-order valence-electron chi connectivity index (χ0n) is 16.3. The molecule has 1 aliphatic heterocycles. The van der Waals surface area contributed by atoms with Gasteiger partial charge in [-0.25, -0.2) is 0 Å². The molecule has 0 spiro atoms. The van der Waals surface area contributed by atoms with Crippen molar-refractivity contribution >= 4 is 28.6 Å². The number of hydrogen-bond donors (Lipinski definition) is 1. The molecule has 150 valence electrons. The number of carbonyl (C=O) groups is 2. The van der Waals surface area contributed by atoms with Crippen LogP contribution in [0.5, 0.6) is 11.5 Å². The van der Waals surface area contributed by atoms with Gasteiger partial charge in [0.05, 0.1) is 7.11 Å². The molecule has 27 heavy (non-hydrogen) atoms. The van der Waals surface area contributed by atoms with Crippen molar-refractivity contribution in [2.24, 2.45) is 0 Å². The lowest BCUT2D eigenvalue weighted by molar-refractivity contribution is -0.116. The van der Waals surface area contributed by atoms with Gasteiger partial charge in [-0.3, -0.25) is 9.59 Å². The van der Waals surface area contributed by atoms with Crippen LogP contribution in [0, 0.1) is 0 Å². The predicted octanol–water partition coefficient (Wildman–Crippen LogP) is 2.91. The number of nitrogens with zero attached hydrogens (tertiary/aromatic N) is 2. The van der Waals surface area contributed by atoms with Crippen LogP contribution in [0.1, 0.15) is 20.3 Å². The lowest BCUT2D eigenvalue weighted by Crippen LogP contribution is -2.28. The molecular weight excluding hydrogens is 366 g/mol. The SMILES string of the molecule is CCN(CC)CCOc1cc(NC(=O)CCN2CCSC2=O)ccc1OC. The Labute approximate surface area is 165 Å². The van der Waals surface area contributed by atoms with Crippen LogP contribution in [0.15, 0.2) is 18.2 Å². The third-order valence-electron chi connectivity index (χ3n) is 4.46. The molecule has 1 fully saturated rings. The molecule has 0 aliphatic carbocycles. The maximum atomic E-state index is 12.2. The fourth-order valence-electron chi connectivity index (χ4n) is 2.78. The summed E-state index contributed by atoms with van der Waals surface area (Å²) < 4.78 is 11.2. The van der Waals surface area contributed by atoms with Crippen molar-refractivity contribution < 1.29 is 19.1 Å². The number of amides is 2. The topological polar surface area (TPSA) is 71.1 Å². The minimum Gasteiger partial charge on any atom is -0.493 e. The number of nitrogens with one attached hydrogen (secondary N) is 1. The number of benzene rings is 1. The predicted molar refractivity (Wildman–Crippen MR) is 109 cm³/mol. The van der Waals surface area contributed by atoms with Gasteiger partial charge < -0.3 is 24.6 Å². The molecular formula is C19H29N3O4S. The molecule has 7 nitrogen and oxygen atoms in total. The van der Waals surface area contributed by atoms with E-state index in [0.29, 0.717) is 36.9 Å². The minimum atomic E-state index is -0.126. The van der Waals surface area contributed by atoms with Crippen molar-refractivity contribution in [2.45, 2.75) is 20.3 Å². The van der Waals surface area contributed by atoms with Crippen molar-refractivity contribution in [3.05, 3.63) is 18.2 Å². The van der Waals surface area contributed by atoms with Crippen molar-refractivity contribution in [3.63, 3.8) is 0 Å². The number of hydrogen-bond acceptors (Lipinski definition) is 6. The number of likely N-dealkylation sites (N-methyl/N-ethyl adjacent to an activating group) is 1. The molecule has 0 bridgehead atoms. The number of ether oxygens (including phenoxy) is 2. The monoisotopic (exact) mass is 395 g/mol. The van der Waals surface area contributed by atoms with Crippen molar-refractivity contribution in [2.75, 3.05) is 57.5 Å². The number of carbonyl (C=O) groups excluding carboxylic acids is 2. The van der Waals surface area contributed by atoms with Gasteiger partial charge in [0.1, 0.15) is 6.61 Å². The average molecular weight is 396 g/mol. The maximum absolute atomic E-state index is 12.2. The molecule has 2 rings (SSSR count). The third kappa shape index (κ3) is 6.62. The van der Waals surface area contributed by atoms with Crippen LogP contribution in [-0.2, 0) is 4.79 Å². The van der Waals surface area contributed by atoms with Crippen LogP contribution in [0.3, 0.4) is 0 Å². The molecule has 1 N–H and O–H groups in total. The molecule has 8 heteroatoms. The first kappa shape index (κ1) is 21.4. The van der Waals surface area contributed by atoms with Crippen molar-refractivity contribution in [1.82, 2.24) is 9.80 Å². The van der Waals surface area contributed by atoms with E-state index in [4.69, 9.17) is 9.47 Å². The Morgan fingerprint density at radius 2 is 2.07 bits per heavy atom. The van der Waals surface area contributed by atoms with E-state index in [9.17, 15) is 9.59 Å². The van der Waals surface area contributed by atoms with Crippen LogP contribution in [0.4, 0.5) is 10.5 Å². The molecule has 0 atom stereocenters. The summed E-state index contributed by atoms with van der Waals surface area (Å²) in [6.45, 7) is 8.73. The summed E-state index contributed by atoms with van der Waals surface area (Å²) in [6, 6.07) is 5.34. The highest BCUT2D eigenvalue weighted by Gasteiger charge is 2.21. The maximum Gasteiger partial charge on any atom is 0.281 e. The number of thioether (sulfide) groups is 1. The summed E-state index contributed by atoms with van der Waals surface area (Å²) in [5.41, 5.74) is 0.653. The summed E-state index contributed by atoms with van der Waals surface area (Å²) in [6.07, 6.45) is 0.274. The zero-order valence-corrected chi connectivity index (χ0v) is 17.1. The van der Waals surface area contributed by atoms with Crippen LogP contribution < -0.4 is 14.8 Å². The quantitative estimate of drug-likeness (QED) is 0.621. The molecule has 0 aromatic heterocycles. The van der Waals surface area contributed by atoms with Crippen LogP contribution in [0.2, 0.25) is 0 Å². The number of rotatable bonds is 11. The van der Waals surface area contributed by atoms with E-state index in [1.54, 1.807) is 30.2 Å². The molecule has 0 unspecified atom stereocenters. The summed E-state index contributed by atoms with van der Waals surface area (Å²) in [5.74, 6) is 1.91. The van der Waals surface area contributed by atoms with E-state index in [2.05, 4.69) is 24.1 Å². The highest BCUT2D eigenvalue weighted by Crippen LogP contribution is 2.30.